The van der Waals surface area contributed by atoms with E-state index in [0.717, 1.165) is 24.2 Å². The summed E-state index contributed by atoms with van der Waals surface area (Å²) in [6.07, 6.45) is 6.04. The first-order chi connectivity index (χ1) is 14.0. The third kappa shape index (κ3) is 4.37. The number of hydrogen-bond acceptors (Lipinski definition) is 5. The maximum Gasteiger partial charge on any atom is 0.225 e. The van der Waals surface area contributed by atoms with Crippen LogP contribution in [0.3, 0.4) is 0 Å². The molecule has 0 saturated carbocycles. The van der Waals surface area contributed by atoms with E-state index in [-0.39, 0.29) is 29.0 Å². The van der Waals surface area contributed by atoms with Crippen molar-refractivity contribution in [2.45, 2.75) is 18.9 Å². The van der Waals surface area contributed by atoms with E-state index in [4.69, 9.17) is 11.6 Å². The van der Waals surface area contributed by atoms with Crippen LogP contribution in [0.15, 0.2) is 42.9 Å². The van der Waals surface area contributed by atoms with Crippen molar-refractivity contribution in [3.8, 4) is 11.3 Å². The van der Waals surface area contributed by atoms with Crippen LogP contribution in [0, 0.1) is 5.82 Å². The van der Waals surface area contributed by atoms with Gasteiger partial charge >= 0.3 is 0 Å². The third-order valence-electron chi connectivity index (χ3n) is 4.88. The Labute approximate surface area is 172 Å². The molecular formula is C20H20ClFN6O. The van der Waals surface area contributed by atoms with Gasteiger partial charge in [0.05, 0.1) is 18.3 Å². The first-order valence-corrected chi connectivity index (χ1v) is 9.66. The minimum Gasteiger partial charge on any atom is -0.351 e. The lowest BCUT2D eigenvalue weighted by Gasteiger charge is -2.17. The van der Waals surface area contributed by atoms with Gasteiger partial charge in [-0.2, -0.15) is 5.10 Å². The number of carbonyl (C=O) groups is 1. The Balaban J connectivity index is 1.39. The second kappa shape index (κ2) is 8.16. The van der Waals surface area contributed by atoms with E-state index in [1.165, 1.54) is 12.1 Å². The maximum absolute atomic E-state index is 13.9. The molecular weight excluding hydrogens is 395 g/mol. The Kier molecular flexibility index (Phi) is 5.44. The Morgan fingerprint density at radius 3 is 3.00 bits per heavy atom. The van der Waals surface area contributed by atoms with Crippen molar-refractivity contribution in [1.82, 2.24) is 25.1 Å². The number of carbonyl (C=O) groups excluding carboxylic acids is 1. The fourth-order valence-electron chi connectivity index (χ4n) is 3.42. The fraction of sp³-hybridized carbons (Fsp3) is 0.300. The van der Waals surface area contributed by atoms with Crippen molar-refractivity contribution in [3.63, 3.8) is 0 Å². The Morgan fingerprint density at radius 2 is 2.24 bits per heavy atom. The number of amides is 1. The zero-order valence-electron chi connectivity index (χ0n) is 15.8. The number of nitrogens with zero attached hydrogens (tertiary/aromatic N) is 5. The molecule has 1 amide bonds. The summed E-state index contributed by atoms with van der Waals surface area (Å²) < 4.78 is 15.6. The first-order valence-electron chi connectivity index (χ1n) is 9.29. The summed E-state index contributed by atoms with van der Waals surface area (Å²) in [5.74, 6) is -0.115. The van der Waals surface area contributed by atoms with E-state index in [1.807, 2.05) is 24.2 Å². The number of halogens is 2. The summed E-state index contributed by atoms with van der Waals surface area (Å²) in [6.45, 7) is 1.31. The average Bonchev–Trinajstić information content (AvgIpc) is 3.34. The molecule has 150 valence electrons. The van der Waals surface area contributed by atoms with Gasteiger partial charge in [-0.3, -0.25) is 9.48 Å². The summed E-state index contributed by atoms with van der Waals surface area (Å²) in [6, 6.07) is 6.19. The van der Waals surface area contributed by atoms with Crippen LogP contribution >= 0.6 is 11.6 Å². The maximum atomic E-state index is 13.9. The second-order valence-electron chi connectivity index (χ2n) is 7.02. The van der Waals surface area contributed by atoms with E-state index in [1.54, 1.807) is 23.1 Å². The molecule has 1 atom stereocenters. The monoisotopic (exact) mass is 414 g/mol. The number of aromatic nitrogens is 4. The van der Waals surface area contributed by atoms with Gasteiger partial charge in [-0.1, -0.05) is 17.7 Å². The van der Waals surface area contributed by atoms with E-state index >= 15 is 0 Å². The summed E-state index contributed by atoms with van der Waals surface area (Å²) >= 11 is 6.01. The van der Waals surface area contributed by atoms with Crippen LogP contribution < -0.4 is 10.2 Å². The topological polar surface area (TPSA) is 75.9 Å². The Hall–Kier alpha value is -3.00. The molecule has 1 fully saturated rings. The summed E-state index contributed by atoms with van der Waals surface area (Å²) in [5, 5.41) is 7.39. The van der Waals surface area contributed by atoms with Gasteiger partial charge < -0.3 is 10.2 Å². The lowest BCUT2D eigenvalue weighted by molar-refractivity contribution is -0.121. The van der Waals surface area contributed by atoms with Crippen molar-refractivity contribution in [2.75, 3.05) is 18.0 Å². The fourth-order valence-corrected chi connectivity index (χ4v) is 3.65. The molecule has 1 aliphatic heterocycles. The molecule has 3 heterocycles. The quantitative estimate of drug-likeness (QED) is 0.694. The molecule has 7 nitrogen and oxygen atoms in total. The molecule has 1 N–H and O–H groups in total. The minimum atomic E-state index is -0.471. The van der Waals surface area contributed by atoms with Crippen LogP contribution in [-0.4, -0.2) is 44.8 Å². The average molecular weight is 415 g/mol. The minimum absolute atomic E-state index is 0.0568. The molecule has 2 aromatic heterocycles. The second-order valence-corrected chi connectivity index (χ2v) is 7.43. The number of aryl methyl sites for hydroxylation is 1. The molecule has 3 aromatic rings. The van der Waals surface area contributed by atoms with Gasteiger partial charge in [-0.05, 0) is 24.6 Å². The van der Waals surface area contributed by atoms with E-state index in [0.29, 0.717) is 12.5 Å². The van der Waals surface area contributed by atoms with Gasteiger partial charge in [0.25, 0.3) is 0 Å². The van der Waals surface area contributed by atoms with Crippen LogP contribution in [0.4, 0.5) is 10.3 Å². The van der Waals surface area contributed by atoms with Crippen molar-refractivity contribution < 1.29 is 9.18 Å². The molecule has 0 aliphatic carbocycles. The predicted octanol–water partition coefficient (Wildman–Crippen LogP) is 2.61. The lowest BCUT2D eigenvalue weighted by Crippen LogP contribution is -2.38. The Morgan fingerprint density at radius 1 is 1.38 bits per heavy atom. The molecule has 4 rings (SSSR count). The van der Waals surface area contributed by atoms with Crippen molar-refractivity contribution in [3.05, 3.63) is 59.3 Å². The first kappa shape index (κ1) is 19.3. The molecule has 1 unspecified atom stereocenters. The highest BCUT2D eigenvalue weighted by Gasteiger charge is 2.26. The summed E-state index contributed by atoms with van der Waals surface area (Å²) in [7, 11) is 1.86. The SMILES string of the molecule is Cn1cc(-c2ccnc(N3CCC(NC(=O)Cc4c(F)cccc4Cl)C3)n2)cn1. The Bertz CT molecular complexity index is 1020. The standard InChI is InChI=1S/C20H20ClFN6O/c1-27-11-13(10-24-27)18-5-7-23-20(26-18)28-8-6-14(12-28)25-19(29)9-15-16(21)3-2-4-17(15)22/h2-5,7,10-11,14H,6,8-9,12H2,1H3,(H,25,29). The number of nitrogens with one attached hydrogen (secondary N) is 1. The number of benzene rings is 1. The van der Waals surface area contributed by atoms with E-state index in [9.17, 15) is 9.18 Å². The zero-order valence-corrected chi connectivity index (χ0v) is 16.6. The van der Waals surface area contributed by atoms with Crippen molar-refractivity contribution in [1.29, 1.82) is 0 Å². The van der Waals surface area contributed by atoms with Crippen LogP contribution in [0.1, 0.15) is 12.0 Å². The normalized spacial score (nSPS) is 16.2. The van der Waals surface area contributed by atoms with Gasteiger partial charge in [-0.25, -0.2) is 14.4 Å². The number of rotatable bonds is 5. The van der Waals surface area contributed by atoms with Crippen molar-refractivity contribution >= 4 is 23.5 Å². The van der Waals surface area contributed by atoms with Crippen LogP contribution in [0.2, 0.25) is 5.02 Å². The summed E-state index contributed by atoms with van der Waals surface area (Å²) in [4.78, 5) is 23.4. The number of anilines is 1. The number of hydrogen-bond donors (Lipinski definition) is 1. The molecule has 0 spiro atoms. The van der Waals surface area contributed by atoms with Gasteiger partial charge in [0, 0.05) is 54.7 Å². The van der Waals surface area contributed by atoms with Crippen LogP contribution in [-0.2, 0) is 18.3 Å². The smallest absolute Gasteiger partial charge is 0.225 e. The molecule has 29 heavy (non-hydrogen) atoms. The molecule has 9 heteroatoms. The zero-order chi connectivity index (χ0) is 20.4. The lowest BCUT2D eigenvalue weighted by atomic mass is 10.1. The molecule has 1 aliphatic rings. The van der Waals surface area contributed by atoms with Gasteiger partial charge in [-0.15, -0.1) is 0 Å². The highest BCUT2D eigenvalue weighted by atomic mass is 35.5. The largest absolute Gasteiger partial charge is 0.351 e. The molecule has 1 aromatic carbocycles. The molecule has 0 bridgehead atoms. The highest BCUT2D eigenvalue weighted by Crippen LogP contribution is 2.22. The van der Waals surface area contributed by atoms with Crippen molar-refractivity contribution in [2.24, 2.45) is 7.05 Å². The van der Waals surface area contributed by atoms with E-state index in [2.05, 4.69) is 20.4 Å². The molecule has 0 radical (unpaired) electrons. The van der Waals surface area contributed by atoms with Crippen LogP contribution in [0.5, 0.6) is 0 Å². The third-order valence-corrected chi connectivity index (χ3v) is 5.23. The van der Waals surface area contributed by atoms with Crippen LogP contribution in [0.25, 0.3) is 11.3 Å². The van der Waals surface area contributed by atoms with Gasteiger partial charge in [0.1, 0.15) is 5.82 Å². The van der Waals surface area contributed by atoms with E-state index < -0.39 is 5.82 Å². The summed E-state index contributed by atoms with van der Waals surface area (Å²) in [5.41, 5.74) is 1.93. The van der Waals surface area contributed by atoms with Gasteiger partial charge in [0.2, 0.25) is 11.9 Å². The van der Waals surface area contributed by atoms with Gasteiger partial charge in [0.15, 0.2) is 0 Å². The predicted molar refractivity (Wildman–Crippen MR) is 108 cm³/mol. The highest BCUT2D eigenvalue weighted by molar-refractivity contribution is 6.31. The molecule has 1 saturated heterocycles.